The zero-order valence-corrected chi connectivity index (χ0v) is 21.4. The number of hydrogen-bond donors (Lipinski definition) is 3. The molecule has 3 aromatic rings. The minimum Gasteiger partial charge on any atom is -0.507 e. The predicted molar refractivity (Wildman–Crippen MR) is 139 cm³/mol. The standard InChI is InChI=1S/C21H22N4O3.C7H16/c1-3-16-14-9-15(18(26)10-17(14)24-23-16)21(28)25-11-12-7-5-6-8-13(12)19(25)20(27)22-4-2;1-3-5-7-6-4-2/h5-10,19,26H,3-4,11H2,1-2H3,(H,22,27)(H,23,24);3-7H2,1-2H3. The summed E-state index contributed by atoms with van der Waals surface area (Å²) in [6.45, 7) is 9.11. The van der Waals surface area contributed by atoms with Crippen LogP contribution in [0, 0.1) is 0 Å². The molecule has 0 spiro atoms. The smallest absolute Gasteiger partial charge is 0.258 e. The van der Waals surface area contributed by atoms with Crippen molar-refractivity contribution in [3.8, 4) is 5.75 Å². The van der Waals surface area contributed by atoms with Crippen molar-refractivity contribution >= 4 is 22.7 Å². The summed E-state index contributed by atoms with van der Waals surface area (Å²) in [4.78, 5) is 27.6. The number of aromatic nitrogens is 2. The quantitative estimate of drug-likeness (QED) is 0.365. The van der Waals surface area contributed by atoms with Crippen LogP contribution < -0.4 is 5.32 Å². The molecule has 0 aliphatic carbocycles. The summed E-state index contributed by atoms with van der Waals surface area (Å²) in [6, 6.07) is 10.0. The second kappa shape index (κ2) is 12.4. The van der Waals surface area contributed by atoms with E-state index >= 15 is 0 Å². The SMILES string of the molecule is CCCCCCC.CCNC(=O)C1c2ccccc2CN1C(=O)c1cc2c(CC)n[nH]c2cc1O. The highest BCUT2D eigenvalue weighted by Crippen LogP contribution is 2.37. The van der Waals surface area contributed by atoms with Gasteiger partial charge in [0.2, 0.25) is 5.91 Å². The number of fused-ring (bicyclic) bond motifs is 2. The van der Waals surface area contributed by atoms with E-state index in [4.69, 9.17) is 0 Å². The average molecular weight is 479 g/mol. The number of phenolic OH excluding ortho intramolecular Hbond substituents is 1. The van der Waals surface area contributed by atoms with Gasteiger partial charge in [-0.1, -0.05) is 77.1 Å². The summed E-state index contributed by atoms with van der Waals surface area (Å²) in [7, 11) is 0. The Balaban J connectivity index is 0.000000429. The van der Waals surface area contributed by atoms with E-state index in [1.54, 1.807) is 6.07 Å². The summed E-state index contributed by atoms with van der Waals surface area (Å²) in [6.07, 6.45) is 7.71. The minimum absolute atomic E-state index is 0.130. The molecule has 1 aliphatic rings. The molecule has 1 atom stereocenters. The van der Waals surface area contributed by atoms with Crippen molar-refractivity contribution in [2.75, 3.05) is 6.54 Å². The molecule has 0 bridgehead atoms. The highest BCUT2D eigenvalue weighted by atomic mass is 16.3. The third-order valence-electron chi connectivity index (χ3n) is 6.39. The predicted octanol–water partition coefficient (Wildman–Crippen LogP) is 5.64. The number of nitrogens with one attached hydrogen (secondary N) is 2. The number of likely N-dealkylation sites (N-methyl/N-ethyl adjacent to an activating group) is 1. The Hall–Kier alpha value is -3.35. The first-order valence-electron chi connectivity index (χ1n) is 12.8. The fourth-order valence-electron chi connectivity index (χ4n) is 4.51. The lowest BCUT2D eigenvalue weighted by atomic mass is 10.0. The normalized spacial score (nSPS) is 14.4. The van der Waals surface area contributed by atoms with Crippen LogP contribution in [-0.4, -0.2) is 38.6 Å². The van der Waals surface area contributed by atoms with E-state index in [0.717, 1.165) is 22.2 Å². The van der Waals surface area contributed by atoms with E-state index in [0.29, 0.717) is 25.0 Å². The molecular formula is C28H38N4O3. The molecule has 0 saturated heterocycles. The second-order valence-electron chi connectivity index (χ2n) is 8.93. The number of carbonyl (C=O) groups excluding carboxylic acids is 2. The van der Waals surface area contributed by atoms with E-state index in [9.17, 15) is 14.7 Å². The van der Waals surface area contributed by atoms with Gasteiger partial charge < -0.3 is 15.3 Å². The lowest BCUT2D eigenvalue weighted by Crippen LogP contribution is -2.39. The molecule has 188 valence electrons. The molecule has 0 radical (unpaired) electrons. The van der Waals surface area contributed by atoms with Crippen LogP contribution in [0.15, 0.2) is 36.4 Å². The number of nitrogens with zero attached hydrogens (tertiary/aromatic N) is 2. The summed E-state index contributed by atoms with van der Waals surface area (Å²) in [5.41, 5.74) is 3.43. The first kappa shape index (κ1) is 26.3. The van der Waals surface area contributed by atoms with Crippen LogP contribution in [0.2, 0.25) is 0 Å². The van der Waals surface area contributed by atoms with Crippen molar-refractivity contribution in [3.63, 3.8) is 0 Å². The summed E-state index contributed by atoms with van der Waals surface area (Å²) >= 11 is 0. The number of carbonyl (C=O) groups is 2. The Kier molecular flexibility index (Phi) is 9.29. The van der Waals surface area contributed by atoms with E-state index in [-0.39, 0.29) is 23.1 Å². The fraction of sp³-hybridized carbons (Fsp3) is 0.464. The van der Waals surface area contributed by atoms with Gasteiger partial charge in [-0.15, -0.1) is 0 Å². The summed E-state index contributed by atoms with van der Waals surface area (Å²) in [5, 5.41) is 21.2. The largest absolute Gasteiger partial charge is 0.507 e. The molecule has 7 nitrogen and oxygen atoms in total. The number of unbranched alkanes of at least 4 members (excludes halogenated alkanes) is 4. The molecule has 1 aliphatic heterocycles. The zero-order valence-electron chi connectivity index (χ0n) is 21.4. The minimum atomic E-state index is -0.714. The summed E-state index contributed by atoms with van der Waals surface area (Å²) in [5.74, 6) is -0.733. The number of rotatable bonds is 8. The first-order chi connectivity index (χ1) is 17.0. The van der Waals surface area contributed by atoms with E-state index in [2.05, 4.69) is 29.4 Å². The molecule has 1 unspecified atom stereocenters. The Morgan fingerprint density at radius 3 is 2.46 bits per heavy atom. The molecule has 35 heavy (non-hydrogen) atoms. The lowest BCUT2D eigenvalue weighted by Gasteiger charge is -2.25. The van der Waals surface area contributed by atoms with Gasteiger partial charge in [-0.3, -0.25) is 14.7 Å². The molecule has 2 aromatic carbocycles. The monoisotopic (exact) mass is 478 g/mol. The third-order valence-corrected chi connectivity index (χ3v) is 6.39. The van der Waals surface area contributed by atoms with E-state index < -0.39 is 6.04 Å². The van der Waals surface area contributed by atoms with Gasteiger partial charge in [0, 0.05) is 24.5 Å². The van der Waals surface area contributed by atoms with Gasteiger partial charge in [0.25, 0.3) is 5.91 Å². The first-order valence-corrected chi connectivity index (χ1v) is 12.8. The Bertz CT molecular complexity index is 1150. The molecule has 1 aromatic heterocycles. The van der Waals surface area contributed by atoms with Gasteiger partial charge in [-0.2, -0.15) is 5.10 Å². The summed E-state index contributed by atoms with van der Waals surface area (Å²) < 4.78 is 0. The van der Waals surface area contributed by atoms with Gasteiger partial charge in [-0.25, -0.2) is 0 Å². The molecule has 0 saturated carbocycles. The number of aryl methyl sites for hydroxylation is 1. The van der Waals surface area contributed by atoms with Gasteiger partial charge in [0.05, 0.1) is 16.8 Å². The van der Waals surface area contributed by atoms with Crippen LogP contribution >= 0.6 is 0 Å². The van der Waals surface area contributed by atoms with Crippen LogP contribution in [0.25, 0.3) is 10.9 Å². The fourth-order valence-corrected chi connectivity index (χ4v) is 4.51. The van der Waals surface area contributed by atoms with Gasteiger partial charge in [0.1, 0.15) is 11.8 Å². The number of phenols is 1. The van der Waals surface area contributed by atoms with Crippen molar-refractivity contribution < 1.29 is 14.7 Å². The maximum absolute atomic E-state index is 13.4. The highest BCUT2D eigenvalue weighted by molar-refractivity contribution is 6.03. The van der Waals surface area contributed by atoms with Crippen molar-refractivity contribution in [2.45, 2.75) is 78.8 Å². The van der Waals surface area contributed by atoms with Crippen molar-refractivity contribution in [1.29, 1.82) is 0 Å². The number of benzene rings is 2. The molecule has 0 fully saturated rings. The molecule has 2 amide bonds. The number of aromatic amines is 1. The van der Waals surface area contributed by atoms with Crippen LogP contribution in [0.3, 0.4) is 0 Å². The number of H-pyrrole nitrogens is 1. The topological polar surface area (TPSA) is 98.3 Å². The van der Waals surface area contributed by atoms with Crippen LogP contribution in [0.5, 0.6) is 5.75 Å². The molecule has 3 N–H and O–H groups in total. The Labute approximate surface area is 207 Å². The average Bonchev–Trinajstić information content (AvgIpc) is 3.45. The molecule has 4 rings (SSSR count). The van der Waals surface area contributed by atoms with Crippen molar-refractivity contribution in [3.05, 3.63) is 58.8 Å². The van der Waals surface area contributed by atoms with Crippen LogP contribution in [0.1, 0.15) is 93.0 Å². The van der Waals surface area contributed by atoms with E-state index in [1.807, 2.05) is 38.1 Å². The number of aromatic hydroxyl groups is 1. The van der Waals surface area contributed by atoms with Crippen molar-refractivity contribution in [1.82, 2.24) is 20.4 Å². The van der Waals surface area contributed by atoms with Gasteiger partial charge >= 0.3 is 0 Å². The van der Waals surface area contributed by atoms with Crippen LogP contribution in [-0.2, 0) is 17.8 Å². The molecular weight excluding hydrogens is 440 g/mol. The highest BCUT2D eigenvalue weighted by Gasteiger charge is 2.39. The van der Waals surface area contributed by atoms with Gasteiger partial charge in [0.15, 0.2) is 0 Å². The second-order valence-corrected chi connectivity index (χ2v) is 8.93. The Morgan fingerprint density at radius 2 is 1.80 bits per heavy atom. The number of hydrogen-bond acceptors (Lipinski definition) is 4. The van der Waals surface area contributed by atoms with Crippen molar-refractivity contribution in [2.24, 2.45) is 0 Å². The van der Waals surface area contributed by atoms with Gasteiger partial charge in [-0.05, 0) is 30.5 Å². The molecule has 2 heterocycles. The molecule has 7 heteroatoms. The van der Waals surface area contributed by atoms with E-state index in [1.165, 1.54) is 43.1 Å². The lowest BCUT2D eigenvalue weighted by molar-refractivity contribution is -0.125. The zero-order chi connectivity index (χ0) is 25.4. The number of amides is 2. The third kappa shape index (κ3) is 5.84. The maximum atomic E-state index is 13.4. The Morgan fingerprint density at radius 1 is 1.09 bits per heavy atom. The maximum Gasteiger partial charge on any atom is 0.258 e. The van der Waals surface area contributed by atoms with Crippen LogP contribution in [0.4, 0.5) is 0 Å².